The van der Waals surface area contributed by atoms with Gasteiger partial charge in [0, 0.05) is 42.1 Å². The molecule has 2 saturated heterocycles. The fourth-order valence-electron chi connectivity index (χ4n) is 5.41. The number of piperazine rings is 1. The number of rotatable bonds is 2. The summed E-state index contributed by atoms with van der Waals surface area (Å²) in [6, 6.07) is 7.07. The summed E-state index contributed by atoms with van der Waals surface area (Å²) < 4.78 is 0. The van der Waals surface area contributed by atoms with E-state index in [1.165, 1.54) is 22.0 Å². The minimum Gasteiger partial charge on any atom is -0.361 e. The van der Waals surface area contributed by atoms with Gasteiger partial charge in [-0.15, -0.1) is 0 Å². The van der Waals surface area contributed by atoms with Gasteiger partial charge in [0.05, 0.1) is 13.1 Å². The molecule has 0 spiro atoms. The zero-order valence-corrected chi connectivity index (χ0v) is 15.5. The van der Waals surface area contributed by atoms with Crippen LogP contribution < -0.4 is 5.84 Å². The highest BCUT2D eigenvalue weighted by molar-refractivity contribution is 5.98. The van der Waals surface area contributed by atoms with Crippen molar-refractivity contribution in [3.05, 3.63) is 35.5 Å². The summed E-state index contributed by atoms with van der Waals surface area (Å²) in [5.74, 6) is 5.79. The van der Waals surface area contributed by atoms with Crippen molar-refractivity contribution in [2.24, 2.45) is 11.8 Å². The second-order valence-electron chi connectivity index (χ2n) is 8.33. The fraction of sp³-hybridized carbons (Fsp3) is 0.500. The van der Waals surface area contributed by atoms with E-state index in [-0.39, 0.29) is 24.9 Å². The van der Waals surface area contributed by atoms with Crippen LogP contribution >= 0.6 is 0 Å². The van der Waals surface area contributed by atoms with Crippen molar-refractivity contribution in [2.75, 3.05) is 33.2 Å². The number of imide groups is 1. The topological polar surface area (TPSA) is 85.7 Å². The standard InChI is InChI=1S/C20H25N5O2/c1-23-8-12(9-24-10-18(26)25(21)19(27)11-24)5-15-14-3-2-4-16-20(14)13(7-22-16)6-17(15)23/h2-4,7,12,15,17,22H,5-6,8-11,21H2,1H3/t12-,15+,17-/m1/s1. The zero-order chi connectivity index (χ0) is 18.7. The van der Waals surface area contributed by atoms with Crippen molar-refractivity contribution in [3.63, 3.8) is 0 Å². The maximum Gasteiger partial charge on any atom is 0.257 e. The van der Waals surface area contributed by atoms with Crippen LogP contribution in [0.5, 0.6) is 0 Å². The number of piperidine rings is 1. The number of hydrogen-bond donors (Lipinski definition) is 2. The van der Waals surface area contributed by atoms with Gasteiger partial charge in [-0.25, -0.2) is 10.9 Å². The van der Waals surface area contributed by atoms with Crippen LogP contribution in [0.15, 0.2) is 24.4 Å². The first kappa shape index (κ1) is 16.9. The van der Waals surface area contributed by atoms with Crippen LogP contribution in [0, 0.1) is 5.92 Å². The summed E-state index contributed by atoms with van der Waals surface area (Å²) in [6.07, 6.45) is 4.32. The van der Waals surface area contributed by atoms with Crippen LogP contribution in [0.3, 0.4) is 0 Å². The van der Waals surface area contributed by atoms with E-state index in [4.69, 9.17) is 5.84 Å². The van der Waals surface area contributed by atoms with Crippen LogP contribution in [0.4, 0.5) is 0 Å². The summed E-state index contributed by atoms with van der Waals surface area (Å²) in [7, 11) is 2.20. The summed E-state index contributed by atoms with van der Waals surface area (Å²) in [4.78, 5) is 31.7. The highest BCUT2D eigenvalue weighted by Crippen LogP contribution is 2.44. The smallest absolute Gasteiger partial charge is 0.257 e. The third-order valence-corrected chi connectivity index (χ3v) is 6.58. The molecule has 142 valence electrons. The predicted molar refractivity (Wildman–Crippen MR) is 102 cm³/mol. The van der Waals surface area contributed by atoms with Crippen LogP contribution in [-0.4, -0.2) is 70.9 Å². The van der Waals surface area contributed by atoms with Crippen LogP contribution in [0.1, 0.15) is 23.5 Å². The maximum absolute atomic E-state index is 11.9. The van der Waals surface area contributed by atoms with Gasteiger partial charge in [0.2, 0.25) is 0 Å². The number of carbonyl (C=O) groups is 2. The molecule has 1 aliphatic carbocycles. The molecule has 5 rings (SSSR count). The summed E-state index contributed by atoms with van der Waals surface area (Å²) >= 11 is 0. The third-order valence-electron chi connectivity index (χ3n) is 6.58. The van der Waals surface area contributed by atoms with Crippen molar-refractivity contribution in [1.29, 1.82) is 0 Å². The Morgan fingerprint density at radius 1 is 1.22 bits per heavy atom. The van der Waals surface area contributed by atoms with Crippen LogP contribution in [0.2, 0.25) is 0 Å². The van der Waals surface area contributed by atoms with Gasteiger partial charge in [-0.2, -0.15) is 0 Å². The third kappa shape index (κ3) is 2.69. The molecule has 7 nitrogen and oxygen atoms in total. The normalized spacial score (nSPS) is 29.4. The van der Waals surface area contributed by atoms with Gasteiger partial charge >= 0.3 is 0 Å². The van der Waals surface area contributed by atoms with E-state index in [1.54, 1.807) is 0 Å². The average Bonchev–Trinajstić information content (AvgIpc) is 3.05. The van der Waals surface area contributed by atoms with E-state index in [0.29, 0.717) is 17.9 Å². The van der Waals surface area contributed by atoms with Crippen LogP contribution in [-0.2, 0) is 16.0 Å². The lowest BCUT2D eigenvalue weighted by molar-refractivity contribution is -0.152. The highest BCUT2D eigenvalue weighted by Gasteiger charge is 2.40. The second kappa shape index (κ2) is 6.15. The molecule has 0 saturated carbocycles. The number of hydrazine groups is 1. The monoisotopic (exact) mass is 367 g/mol. The van der Waals surface area contributed by atoms with Crippen LogP contribution in [0.25, 0.3) is 10.9 Å². The van der Waals surface area contributed by atoms with Crippen molar-refractivity contribution >= 4 is 22.7 Å². The molecule has 0 radical (unpaired) electrons. The number of nitrogens with one attached hydrogen (secondary N) is 1. The number of hydrogen-bond acceptors (Lipinski definition) is 5. The number of fused-ring (bicyclic) bond motifs is 2. The predicted octanol–water partition coefficient (Wildman–Crippen LogP) is 0.672. The SMILES string of the molecule is CN1C[C@H](CN2CC(=O)N(N)C(=O)C2)C[C@H]2c3cccc4[nH]cc(c34)C[C@H]21. The van der Waals surface area contributed by atoms with E-state index in [9.17, 15) is 9.59 Å². The Bertz CT molecular complexity index is 904. The molecule has 0 bridgehead atoms. The molecule has 27 heavy (non-hydrogen) atoms. The minimum absolute atomic E-state index is 0.230. The van der Waals surface area contributed by atoms with Gasteiger partial charge < -0.3 is 9.88 Å². The fourth-order valence-corrected chi connectivity index (χ4v) is 5.41. The van der Waals surface area contributed by atoms with Gasteiger partial charge in [-0.05, 0) is 43.0 Å². The lowest BCUT2D eigenvalue weighted by Crippen LogP contribution is -2.58. The first-order valence-electron chi connectivity index (χ1n) is 9.63. The average molecular weight is 367 g/mol. The second-order valence-corrected chi connectivity index (χ2v) is 8.33. The van der Waals surface area contributed by atoms with Crippen molar-refractivity contribution < 1.29 is 9.59 Å². The first-order chi connectivity index (χ1) is 13.0. The van der Waals surface area contributed by atoms with E-state index in [0.717, 1.165) is 30.9 Å². The molecule has 3 heterocycles. The molecule has 2 aliphatic heterocycles. The lowest BCUT2D eigenvalue weighted by Gasteiger charge is -2.46. The molecular weight excluding hydrogens is 342 g/mol. The summed E-state index contributed by atoms with van der Waals surface area (Å²) in [6.45, 7) is 2.21. The van der Waals surface area contributed by atoms with E-state index < -0.39 is 0 Å². The van der Waals surface area contributed by atoms with Gasteiger partial charge in [-0.3, -0.25) is 14.5 Å². The molecule has 1 aromatic heterocycles. The molecule has 1 aromatic carbocycles. The Kier molecular flexibility index (Phi) is 3.86. The highest BCUT2D eigenvalue weighted by atomic mass is 16.2. The molecular formula is C20H25N5O2. The molecule has 3 atom stereocenters. The van der Waals surface area contributed by atoms with Gasteiger partial charge in [0.25, 0.3) is 11.8 Å². The van der Waals surface area contributed by atoms with E-state index in [2.05, 4.69) is 41.3 Å². The molecule has 0 unspecified atom stereocenters. The van der Waals surface area contributed by atoms with E-state index >= 15 is 0 Å². The Hall–Kier alpha value is -2.22. The van der Waals surface area contributed by atoms with Crippen molar-refractivity contribution in [2.45, 2.75) is 24.8 Å². The number of nitrogens with two attached hydrogens (primary N) is 1. The number of benzene rings is 1. The number of aromatic nitrogens is 1. The Labute approximate surface area is 158 Å². The number of nitrogens with zero attached hydrogens (tertiary/aromatic N) is 3. The summed E-state index contributed by atoms with van der Waals surface area (Å²) in [5.41, 5.74) is 4.08. The van der Waals surface area contributed by atoms with Crippen molar-refractivity contribution in [1.82, 2.24) is 19.8 Å². The number of amides is 2. The van der Waals surface area contributed by atoms with Gasteiger partial charge in [-0.1, -0.05) is 12.1 Å². The van der Waals surface area contributed by atoms with Crippen molar-refractivity contribution in [3.8, 4) is 0 Å². The zero-order valence-electron chi connectivity index (χ0n) is 15.5. The molecule has 2 fully saturated rings. The van der Waals surface area contributed by atoms with Gasteiger partial charge in [0.15, 0.2) is 0 Å². The number of aromatic amines is 1. The summed E-state index contributed by atoms with van der Waals surface area (Å²) in [5, 5.41) is 2.16. The Morgan fingerprint density at radius 3 is 2.78 bits per heavy atom. The number of likely N-dealkylation sites (tertiary alicyclic amines) is 1. The molecule has 3 N–H and O–H groups in total. The Morgan fingerprint density at radius 2 is 2.00 bits per heavy atom. The maximum atomic E-state index is 11.9. The molecule has 3 aliphatic rings. The quantitative estimate of drug-likeness (QED) is 0.463. The largest absolute Gasteiger partial charge is 0.361 e. The molecule has 2 amide bonds. The van der Waals surface area contributed by atoms with Gasteiger partial charge in [0.1, 0.15) is 0 Å². The first-order valence-corrected chi connectivity index (χ1v) is 9.63. The number of carbonyl (C=O) groups excluding carboxylic acids is 2. The number of likely N-dealkylation sites (N-methyl/N-ethyl adjacent to an activating group) is 1. The molecule has 7 heteroatoms. The van der Waals surface area contributed by atoms with E-state index in [1.807, 2.05) is 4.90 Å². The minimum atomic E-state index is -0.312. The Balaban J connectivity index is 1.39. The lowest BCUT2D eigenvalue weighted by atomic mass is 9.72. The number of H-pyrrole nitrogens is 1. The molecule has 2 aromatic rings.